The van der Waals surface area contributed by atoms with Crippen LogP contribution in [0.5, 0.6) is 0 Å². The highest BCUT2D eigenvalue weighted by Crippen LogP contribution is 2.58. The predicted molar refractivity (Wildman–Crippen MR) is 105 cm³/mol. The SMILES string of the molecule is Cc1nc(-c2ccc(CC(C)C)cc2)ccc1C(C)(C)[SH]1CC1. The van der Waals surface area contributed by atoms with Gasteiger partial charge in [0.15, 0.2) is 0 Å². The van der Waals surface area contributed by atoms with Crippen LogP contribution in [0, 0.1) is 12.8 Å². The number of aryl methyl sites for hydroxylation is 1. The lowest BCUT2D eigenvalue weighted by atomic mass is 9.98. The molecule has 0 amide bonds. The van der Waals surface area contributed by atoms with Crippen molar-refractivity contribution < 1.29 is 0 Å². The molecule has 2 aromatic rings. The summed E-state index contributed by atoms with van der Waals surface area (Å²) in [5.74, 6) is 3.56. The fourth-order valence-electron chi connectivity index (χ4n) is 3.43. The molecule has 0 unspecified atom stereocenters. The van der Waals surface area contributed by atoms with Crippen molar-refractivity contribution in [3.8, 4) is 11.3 Å². The van der Waals surface area contributed by atoms with Crippen LogP contribution in [0.15, 0.2) is 36.4 Å². The Morgan fingerprint density at radius 2 is 1.70 bits per heavy atom. The van der Waals surface area contributed by atoms with Crippen LogP contribution >= 0.6 is 10.9 Å². The van der Waals surface area contributed by atoms with Gasteiger partial charge in [0.05, 0.1) is 5.69 Å². The molecule has 1 aliphatic rings. The van der Waals surface area contributed by atoms with Gasteiger partial charge in [-0.05, 0) is 61.8 Å². The van der Waals surface area contributed by atoms with E-state index in [1.165, 1.54) is 33.9 Å². The number of pyridine rings is 1. The Labute approximate surface area is 143 Å². The van der Waals surface area contributed by atoms with Gasteiger partial charge in [0.25, 0.3) is 0 Å². The monoisotopic (exact) mass is 327 g/mol. The molecule has 3 rings (SSSR count). The molecule has 0 atom stereocenters. The minimum atomic E-state index is 0.197. The third-order valence-corrected chi connectivity index (χ3v) is 7.59. The normalized spacial score (nSPS) is 16.0. The standard InChI is InChI=1S/C21H29NS/c1-15(2)14-17-6-8-18(9-7-17)20-11-10-19(16(3)22-20)21(4,5)23-12-13-23/h6-11,15,23H,12-14H2,1-5H3. The summed E-state index contributed by atoms with van der Waals surface area (Å²) in [7, 11) is 0.197. The largest absolute Gasteiger partial charge is 0.253 e. The lowest BCUT2D eigenvalue weighted by Gasteiger charge is -2.28. The fourth-order valence-corrected chi connectivity index (χ4v) is 5.53. The summed E-state index contributed by atoms with van der Waals surface area (Å²) in [5, 5.41) is 0. The summed E-state index contributed by atoms with van der Waals surface area (Å²) in [6, 6.07) is 13.5. The van der Waals surface area contributed by atoms with Crippen molar-refractivity contribution in [2.45, 2.75) is 45.8 Å². The first-order chi connectivity index (χ1) is 10.9. The average molecular weight is 328 g/mol. The number of rotatable bonds is 5. The lowest BCUT2D eigenvalue weighted by Crippen LogP contribution is -2.15. The van der Waals surface area contributed by atoms with E-state index in [2.05, 4.69) is 71.0 Å². The van der Waals surface area contributed by atoms with E-state index in [1.54, 1.807) is 0 Å². The zero-order valence-corrected chi connectivity index (χ0v) is 16.0. The molecule has 0 radical (unpaired) electrons. The van der Waals surface area contributed by atoms with E-state index in [0.717, 1.165) is 12.1 Å². The molecule has 0 bridgehead atoms. The molecule has 2 heterocycles. The highest BCUT2D eigenvalue weighted by molar-refractivity contribution is 8.23. The third kappa shape index (κ3) is 3.63. The highest BCUT2D eigenvalue weighted by Gasteiger charge is 2.36. The molecule has 0 saturated carbocycles. The molecule has 1 saturated heterocycles. The maximum atomic E-state index is 4.92. The molecule has 1 nitrogen and oxygen atoms in total. The molecule has 1 fully saturated rings. The number of hydrogen-bond acceptors (Lipinski definition) is 1. The van der Waals surface area contributed by atoms with Gasteiger partial charge in [-0.15, -0.1) is 0 Å². The number of nitrogens with zero attached hydrogens (tertiary/aromatic N) is 1. The van der Waals surface area contributed by atoms with Gasteiger partial charge in [-0.25, -0.2) is 10.9 Å². The Hall–Kier alpha value is -1.28. The van der Waals surface area contributed by atoms with Crippen LogP contribution in [0.3, 0.4) is 0 Å². The van der Waals surface area contributed by atoms with Gasteiger partial charge in [0.2, 0.25) is 0 Å². The zero-order valence-electron chi connectivity index (χ0n) is 15.1. The third-order valence-electron chi connectivity index (χ3n) is 4.88. The van der Waals surface area contributed by atoms with Crippen LogP contribution in [0.25, 0.3) is 11.3 Å². The second-order valence-electron chi connectivity index (χ2n) is 7.67. The summed E-state index contributed by atoms with van der Waals surface area (Å²) in [6.07, 6.45) is 1.14. The first kappa shape index (κ1) is 16.6. The van der Waals surface area contributed by atoms with E-state index in [1.807, 2.05) is 0 Å². The van der Waals surface area contributed by atoms with Crippen molar-refractivity contribution in [2.75, 3.05) is 11.5 Å². The maximum absolute atomic E-state index is 4.92. The van der Waals surface area contributed by atoms with E-state index >= 15 is 0 Å². The van der Waals surface area contributed by atoms with Gasteiger partial charge in [-0.1, -0.05) is 44.2 Å². The molecule has 1 aromatic heterocycles. The molecular weight excluding hydrogens is 298 g/mol. The van der Waals surface area contributed by atoms with E-state index in [-0.39, 0.29) is 10.9 Å². The average Bonchev–Trinajstić information content (AvgIpc) is 3.32. The van der Waals surface area contributed by atoms with Crippen molar-refractivity contribution in [1.82, 2.24) is 4.98 Å². The van der Waals surface area contributed by atoms with Crippen molar-refractivity contribution >= 4 is 10.9 Å². The molecule has 0 aliphatic carbocycles. The maximum Gasteiger partial charge on any atom is 0.0705 e. The molecule has 0 spiro atoms. The molecule has 2 heteroatoms. The summed E-state index contributed by atoms with van der Waals surface area (Å²) in [6.45, 7) is 11.5. The van der Waals surface area contributed by atoms with Crippen molar-refractivity contribution in [1.29, 1.82) is 0 Å². The quantitative estimate of drug-likeness (QED) is 0.565. The van der Waals surface area contributed by atoms with Gasteiger partial charge < -0.3 is 0 Å². The summed E-state index contributed by atoms with van der Waals surface area (Å²) < 4.78 is 0.325. The Morgan fingerprint density at radius 1 is 1.04 bits per heavy atom. The van der Waals surface area contributed by atoms with E-state index in [0.29, 0.717) is 10.7 Å². The van der Waals surface area contributed by atoms with Crippen LogP contribution in [0.1, 0.15) is 44.5 Å². The molecule has 124 valence electrons. The minimum Gasteiger partial charge on any atom is -0.253 e. The smallest absolute Gasteiger partial charge is 0.0705 e. The van der Waals surface area contributed by atoms with Gasteiger partial charge >= 0.3 is 0 Å². The Balaban J connectivity index is 1.85. The number of aromatic nitrogens is 1. The highest BCUT2D eigenvalue weighted by atomic mass is 32.2. The summed E-state index contributed by atoms with van der Waals surface area (Å²) in [5.41, 5.74) is 6.38. The number of benzene rings is 1. The van der Waals surface area contributed by atoms with Crippen LogP contribution in [0.4, 0.5) is 0 Å². The van der Waals surface area contributed by atoms with E-state index < -0.39 is 0 Å². The summed E-state index contributed by atoms with van der Waals surface area (Å²) in [4.78, 5) is 4.92. The van der Waals surface area contributed by atoms with Gasteiger partial charge in [-0.2, -0.15) is 0 Å². The molecule has 23 heavy (non-hydrogen) atoms. The second-order valence-corrected chi connectivity index (χ2v) is 10.8. The topological polar surface area (TPSA) is 12.9 Å². The van der Waals surface area contributed by atoms with Crippen molar-refractivity contribution in [3.63, 3.8) is 0 Å². The van der Waals surface area contributed by atoms with E-state index in [4.69, 9.17) is 4.98 Å². The van der Waals surface area contributed by atoms with Crippen LogP contribution in [0.2, 0.25) is 0 Å². The van der Waals surface area contributed by atoms with Gasteiger partial charge in [-0.3, -0.25) is 4.98 Å². The number of thiol groups is 1. The van der Waals surface area contributed by atoms with Crippen molar-refractivity contribution in [3.05, 3.63) is 53.2 Å². The minimum absolute atomic E-state index is 0.197. The molecule has 0 N–H and O–H groups in total. The lowest BCUT2D eigenvalue weighted by molar-refractivity contribution is 0.647. The van der Waals surface area contributed by atoms with Gasteiger partial charge in [0, 0.05) is 16.0 Å². The van der Waals surface area contributed by atoms with Crippen LogP contribution in [-0.4, -0.2) is 16.5 Å². The van der Waals surface area contributed by atoms with Crippen LogP contribution < -0.4 is 0 Å². The second kappa shape index (κ2) is 6.32. The molecule has 1 aromatic carbocycles. The van der Waals surface area contributed by atoms with E-state index in [9.17, 15) is 0 Å². The Kier molecular flexibility index (Phi) is 4.55. The Morgan fingerprint density at radius 3 is 2.22 bits per heavy atom. The van der Waals surface area contributed by atoms with Crippen molar-refractivity contribution in [2.24, 2.45) is 5.92 Å². The fraction of sp³-hybridized carbons (Fsp3) is 0.476. The first-order valence-electron chi connectivity index (χ1n) is 8.70. The summed E-state index contributed by atoms with van der Waals surface area (Å²) >= 11 is 0. The van der Waals surface area contributed by atoms with Gasteiger partial charge in [0.1, 0.15) is 0 Å². The Bertz CT molecular complexity index is 681. The first-order valence-corrected chi connectivity index (χ1v) is 10.4. The molecule has 1 aliphatic heterocycles. The van der Waals surface area contributed by atoms with Crippen LogP contribution in [-0.2, 0) is 11.2 Å². The zero-order chi connectivity index (χ0) is 16.6. The number of hydrogen-bond donors (Lipinski definition) is 1. The predicted octanol–water partition coefficient (Wildman–Crippen LogP) is 5.51. The molecular formula is C21H29NS.